The zero-order valence-electron chi connectivity index (χ0n) is 13.1. The van der Waals surface area contributed by atoms with Crippen LogP contribution in [0.25, 0.3) is 0 Å². The van der Waals surface area contributed by atoms with E-state index in [0.717, 1.165) is 6.54 Å². The Labute approximate surface area is 114 Å². The summed E-state index contributed by atoms with van der Waals surface area (Å²) in [6.07, 6.45) is 2.46. The Hall–Kier alpha value is -0.120. The number of piperazine rings is 1. The third kappa shape index (κ3) is 4.22. The van der Waals surface area contributed by atoms with Crippen molar-refractivity contribution in [3.8, 4) is 0 Å². The smallest absolute Gasteiger partial charge is 0.0337 e. The number of likely N-dealkylation sites (N-methyl/N-ethyl adjacent to an activating group) is 1. The molecule has 0 atom stereocenters. The molecule has 3 heteroatoms. The first-order valence-corrected chi connectivity index (χ1v) is 7.53. The quantitative estimate of drug-likeness (QED) is 0.788. The fourth-order valence-electron chi connectivity index (χ4n) is 3.44. The zero-order valence-corrected chi connectivity index (χ0v) is 13.1. The number of nitrogens with zero attached hydrogens (tertiary/aromatic N) is 2. The van der Waals surface area contributed by atoms with Gasteiger partial charge in [0.25, 0.3) is 0 Å². The fourth-order valence-corrected chi connectivity index (χ4v) is 3.44. The molecule has 0 aromatic rings. The Morgan fingerprint density at radius 2 is 1.39 bits per heavy atom. The van der Waals surface area contributed by atoms with E-state index in [0.29, 0.717) is 11.8 Å². The van der Waals surface area contributed by atoms with E-state index >= 15 is 0 Å². The van der Waals surface area contributed by atoms with Crippen LogP contribution in [0.15, 0.2) is 0 Å². The van der Waals surface area contributed by atoms with E-state index in [1.165, 1.54) is 39.0 Å². The van der Waals surface area contributed by atoms with Gasteiger partial charge in [0, 0.05) is 38.3 Å². The van der Waals surface area contributed by atoms with Crippen LogP contribution in [0.4, 0.5) is 0 Å². The number of hydrogen-bond acceptors (Lipinski definition) is 3. The summed E-state index contributed by atoms with van der Waals surface area (Å²) < 4.78 is 0. The Morgan fingerprint density at radius 3 is 1.72 bits per heavy atom. The topological polar surface area (TPSA) is 32.5 Å². The summed E-state index contributed by atoms with van der Waals surface area (Å²) in [6.45, 7) is 14.8. The van der Waals surface area contributed by atoms with Crippen molar-refractivity contribution in [1.82, 2.24) is 9.80 Å². The van der Waals surface area contributed by atoms with E-state index in [-0.39, 0.29) is 5.54 Å². The predicted octanol–water partition coefficient (Wildman–Crippen LogP) is 2.02. The van der Waals surface area contributed by atoms with Gasteiger partial charge in [0.1, 0.15) is 0 Å². The van der Waals surface area contributed by atoms with Crippen molar-refractivity contribution >= 4 is 0 Å². The van der Waals surface area contributed by atoms with E-state index in [1.54, 1.807) is 0 Å². The maximum Gasteiger partial charge on any atom is 0.0337 e. The second kappa shape index (κ2) is 6.88. The van der Waals surface area contributed by atoms with E-state index in [9.17, 15) is 0 Å². The number of nitrogens with two attached hydrogens (primary N) is 1. The van der Waals surface area contributed by atoms with Gasteiger partial charge in [-0.1, -0.05) is 27.7 Å². The molecule has 1 fully saturated rings. The monoisotopic (exact) mass is 255 g/mol. The fraction of sp³-hybridized carbons (Fsp3) is 1.00. The van der Waals surface area contributed by atoms with E-state index < -0.39 is 0 Å². The van der Waals surface area contributed by atoms with Crippen LogP contribution in [0.1, 0.15) is 40.5 Å². The molecule has 0 aromatic heterocycles. The molecule has 0 amide bonds. The van der Waals surface area contributed by atoms with Gasteiger partial charge in [0.15, 0.2) is 0 Å². The Bertz CT molecular complexity index is 220. The van der Waals surface area contributed by atoms with Crippen LogP contribution in [0.5, 0.6) is 0 Å². The lowest BCUT2D eigenvalue weighted by Crippen LogP contribution is -2.60. The molecular weight excluding hydrogens is 222 g/mol. The first-order valence-electron chi connectivity index (χ1n) is 7.53. The SMILES string of the molecule is CC(C)CC(CN)(CC(C)C)N1CCN(C)CC1. The van der Waals surface area contributed by atoms with Crippen molar-refractivity contribution in [2.24, 2.45) is 17.6 Å². The van der Waals surface area contributed by atoms with Gasteiger partial charge in [0.2, 0.25) is 0 Å². The second-order valence-electron chi connectivity index (χ2n) is 6.91. The highest BCUT2D eigenvalue weighted by molar-refractivity contribution is 4.95. The zero-order chi connectivity index (χ0) is 13.8. The molecule has 0 bridgehead atoms. The van der Waals surface area contributed by atoms with Crippen molar-refractivity contribution in [2.45, 2.75) is 46.1 Å². The van der Waals surface area contributed by atoms with Gasteiger partial charge >= 0.3 is 0 Å². The third-order valence-electron chi connectivity index (χ3n) is 4.13. The lowest BCUT2D eigenvalue weighted by Gasteiger charge is -2.49. The van der Waals surface area contributed by atoms with Crippen molar-refractivity contribution in [3.05, 3.63) is 0 Å². The highest BCUT2D eigenvalue weighted by Crippen LogP contribution is 2.31. The van der Waals surface area contributed by atoms with Crippen LogP contribution in [-0.4, -0.2) is 55.1 Å². The molecule has 0 radical (unpaired) electrons. The molecule has 0 spiro atoms. The largest absolute Gasteiger partial charge is 0.329 e. The van der Waals surface area contributed by atoms with Crippen LogP contribution in [0.2, 0.25) is 0 Å². The van der Waals surface area contributed by atoms with Crippen molar-refractivity contribution in [1.29, 1.82) is 0 Å². The minimum Gasteiger partial charge on any atom is -0.329 e. The van der Waals surface area contributed by atoms with Crippen LogP contribution in [-0.2, 0) is 0 Å². The Kier molecular flexibility index (Phi) is 6.09. The molecule has 0 saturated carbocycles. The molecule has 2 N–H and O–H groups in total. The van der Waals surface area contributed by atoms with Crippen molar-refractivity contribution in [3.63, 3.8) is 0 Å². The van der Waals surface area contributed by atoms with E-state index in [4.69, 9.17) is 5.73 Å². The van der Waals surface area contributed by atoms with Gasteiger partial charge in [-0.05, 0) is 31.7 Å². The van der Waals surface area contributed by atoms with Gasteiger partial charge in [-0.25, -0.2) is 0 Å². The maximum atomic E-state index is 6.21. The van der Waals surface area contributed by atoms with Crippen LogP contribution >= 0.6 is 0 Å². The molecule has 1 aliphatic heterocycles. The third-order valence-corrected chi connectivity index (χ3v) is 4.13. The molecule has 3 nitrogen and oxygen atoms in total. The summed E-state index contributed by atoms with van der Waals surface area (Å²) in [7, 11) is 2.21. The standard InChI is InChI=1S/C15H33N3/c1-13(2)10-15(12-16,11-14(3)4)18-8-6-17(5)7-9-18/h13-14H,6-12,16H2,1-5H3. The van der Waals surface area contributed by atoms with Gasteiger partial charge in [-0.3, -0.25) is 4.90 Å². The second-order valence-corrected chi connectivity index (χ2v) is 6.91. The summed E-state index contributed by atoms with van der Waals surface area (Å²) in [5.74, 6) is 1.43. The minimum absolute atomic E-state index is 0.226. The predicted molar refractivity (Wildman–Crippen MR) is 79.8 cm³/mol. The molecule has 1 saturated heterocycles. The molecule has 0 aliphatic carbocycles. The average Bonchev–Trinajstić information content (AvgIpc) is 2.27. The highest BCUT2D eigenvalue weighted by atomic mass is 15.3. The van der Waals surface area contributed by atoms with Crippen LogP contribution in [0.3, 0.4) is 0 Å². The molecule has 1 rings (SSSR count). The average molecular weight is 255 g/mol. The Balaban J connectivity index is 2.79. The Morgan fingerprint density at radius 1 is 0.944 bits per heavy atom. The molecular formula is C15H33N3. The van der Waals surface area contributed by atoms with Gasteiger partial charge < -0.3 is 10.6 Å². The lowest BCUT2D eigenvalue weighted by atomic mass is 9.80. The first kappa shape index (κ1) is 15.9. The van der Waals surface area contributed by atoms with E-state index in [2.05, 4.69) is 44.5 Å². The first-order chi connectivity index (χ1) is 8.39. The molecule has 1 heterocycles. The van der Waals surface area contributed by atoms with Crippen LogP contribution in [0, 0.1) is 11.8 Å². The normalized spacial score (nSPS) is 20.0. The van der Waals surface area contributed by atoms with E-state index in [1.807, 2.05) is 0 Å². The lowest BCUT2D eigenvalue weighted by molar-refractivity contribution is 0.0166. The molecule has 108 valence electrons. The van der Waals surface area contributed by atoms with Crippen molar-refractivity contribution < 1.29 is 0 Å². The van der Waals surface area contributed by atoms with Gasteiger partial charge in [0.05, 0.1) is 0 Å². The maximum absolute atomic E-state index is 6.21. The molecule has 0 unspecified atom stereocenters. The van der Waals surface area contributed by atoms with Gasteiger partial charge in [-0.2, -0.15) is 0 Å². The summed E-state index contributed by atoms with van der Waals surface area (Å²) in [5.41, 5.74) is 6.44. The molecule has 0 aromatic carbocycles. The molecule has 18 heavy (non-hydrogen) atoms. The number of rotatable bonds is 6. The summed E-state index contributed by atoms with van der Waals surface area (Å²) in [5, 5.41) is 0. The summed E-state index contributed by atoms with van der Waals surface area (Å²) >= 11 is 0. The van der Waals surface area contributed by atoms with Crippen molar-refractivity contribution in [2.75, 3.05) is 39.8 Å². The molecule has 1 aliphatic rings. The minimum atomic E-state index is 0.226. The van der Waals surface area contributed by atoms with Gasteiger partial charge in [-0.15, -0.1) is 0 Å². The highest BCUT2D eigenvalue weighted by Gasteiger charge is 2.37. The summed E-state index contributed by atoms with van der Waals surface area (Å²) in [6, 6.07) is 0. The van der Waals surface area contributed by atoms with Crippen LogP contribution < -0.4 is 5.73 Å². The number of hydrogen-bond donors (Lipinski definition) is 1. The summed E-state index contributed by atoms with van der Waals surface area (Å²) in [4.78, 5) is 5.09.